The highest BCUT2D eigenvalue weighted by Gasteiger charge is 2.29. The van der Waals surface area contributed by atoms with E-state index < -0.39 is 22.5 Å². The molecule has 0 aliphatic carbocycles. The van der Waals surface area contributed by atoms with Crippen LogP contribution in [0.4, 0.5) is 5.69 Å². The summed E-state index contributed by atoms with van der Waals surface area (Å²) in [7, 11) is -4.24. The van der Waals surface area contributed by atoms with Crippen molar-refractivity contribution in [3.8, 4) is 16.4 Å². The Morgan fingerprint density at radius 1 is 1.10 bits per heavy atom. The van der Waals surface area contributed by atoms with Gasteiger partial charge in [0.05, 0.1) is 28.9 Å². The molecule has 0 aliphatic heterocycles. The van der Waals surface area contributed by atoms with E-state index in [1.807, 2.05) is 35.2 Å². The zero-order valence-corrected chi connectivity index (χ0v) is 24.3. The molecule has 206 valence electrons. The molecule has 0 atom stereocenters. The summed E-state index contributed by atoms with van der Waals surface area (Å²) in [5.74, 6) is -0.0925. The van der Waals surface area contributed by atoms with Gasteiger partial charge in [-0.2, -0.15) is 5.10 Å². The van der Waals surface area contributed by atoms with E-state index in [0.717, 1.165) is 32.2 Å². The Balaban J connectivity index is 1.53. The number of sulfonamides is 1. The first-order valence-electron chi connectivity index (χ1n) is 12.2. The fourth-order valence-electron chi connectivity index (χ4n) is 4.05. The summed E-state index contributed by atoms with van der Waals surface area (Å²) in [5.41, 5.74) is 1.87. The van der Waals surface area contributed by atoms with Gasteiger partial charge in [0.1, 0.15) is 11.6 Å². The summed E-state index contributed by atoms with van der Waals surface area (Å²) < 4.78 is 35.7. The minimum atomic E-state index is -4.24. The van der Waals surface area contributed by atoms with Crippen LogP contribution in [0, 0.1) is 0 Å². The van der Waals surface area contributed by atoms with Crippen LogP contribution in [-0.2, 0) is 19.6 Å². The van der Waals surface area contributed by atoms with E-state index in [4.69, 9.17) is 27.9 Å². The monoisotopic (exact) mass is 615 g/mol. The van der Waals surface area contributed by atoms with Crippen LogP contribution in [-0.4, -0.2) is 47.3 Å². The first-order chi connectivity index (χ1) is 19.3. The Morgan fingerprint density at radius 2 is 1.90 bits per heavy atom. The first-order valence-corrected chi connectivity index (χ1v) is 15.3. The Kier molecular flexibility index (Phi) is 8.36. The molecule has 0 amide bonds. The van der Waals surface area contributed by atoms with Crippen LogP contribution in [0.5, 0.6) is 0 Å². The van der Waals surface area contributed by atoms with Gasteiger partial charge in [-0.3, -0.25) is 13.7 Å². The maximum atomic E-state index is 13.8. The first kappa shape index (κ1) is 28.0. The Bertz CT molecular complexity index is 1750. The molecule has 0 spiro atoms. The fourth-order valence-corrected chi connectivity index (χ4v) is 6.80. The van der Waals surface area contributed by atoms with Crippen molar-refractivity contribution in [3.63, 3.8) is 0 Å². The number of benzene rings is 2. The molecule has 0 unspecified atom stereocenters. The van der Waals surface area contributed by atoms with Gasteiger partial charge >= 0.3 is 5.97 Å². The van der Waals surface area contributed by atoms with Crippen LogP contribution in [0.2, 0.25) is 10.0 Å². The number of fused-ring (bicyclic) bond motifs is 1. The van der Waals surface area contributed by atoms with Gasteiger partial charge in [-0.25, -0.2) is 13.4 Å². The lowest BCUT2D eigenvalue weighted by atomic mass is 10.2. The van der Waals surface area contributed by atoms with Gasteiger partial charge in [0, 0.05) is 38.8 Å². The standard InChI is InChI=1S/C27H23Cl2N5O4S2/c1-2-3-9-38-26(35)17-34(40(36,37)23-14-20(28)13-21(29)15-23)22-4-5-24-18(11-22)6-8-33(24)25-12-19(16-31-32-25)27-30-7-10-39-27/h4-8,10-16H,2-3,9,17H2,1H3. The normalized spacial score (nSPS) is 11.6. The average molecular weight is 617 g/mol. The van der Waals surface area contributed by atoms with Crippen molar-refractivity contribution in [2.45, 2.75) is 24.7 Å². The van der Waals surface area contributed by atoms with E-state index in [0.29, 0.717) is 12.2 Å². The zero-order valence-electron chi connectivity index (χ0n) is 21.2. The van der Waals surface area contributed by atoms with E-state index in [9.17, 15) is 13.2 Å². The maximum Gasteiger partial charge on any atom is 0.326 e. The number of halogens is 2. The molecule has 0 N–H and O–H groups in total. The van der Waals surface area contributed by atoms with E-state index in [-0.39, 0.29) is 27.2 Å². The molecule has 5 aromatic rings. The van der Waals surface area contributed by atoms with Gasteiger partial charge < -0.3 is 4.74 Å². The van der Waals surface area contributed by atoms with Crippen molar-refractivity contribution >= 4 is 67.1 Å². The number of carbonyl (C=O) groups excluding carboxylic acids is 1. The predicted molar refractivity (Wildman–Crippen MR) is 157 cm³/mol. The molecule has 0 aliphatic rings. The van der Waals surface area contributed by atoms with Crippen LogP contribution in [0.1, 0.15) is 19.8 Å². The minimum absolute atomic E-state index is 0.140. The van der Waals surface area contributed by atoms with Crippen molar-refractivity contribution in [3.05, 3.63) is 82.5 Å². The van der Waals surface area contributed by atoms with Gasteiger partial charge in [-0.05, 0) is 55.0 Å². The van der Waals surface area contributed by atoms with Gasteiger partial charge in [0.15, 0.2) is 5.82 Å². The largest absolute Gasteiger partial charge is 0.464 e. The van der Waals surface area contributed by atoms with Crippen molar-refractivity contribution in [1.29, 1.82) is 0 Å². The molecule has 0 saturated heterocycles. The fraction of sp³-hybridized carbons (Fsp3) is 0.185. The van der Waals surface area contributed by atoms with Crippen LogP contribution in [0.3, 0.4) is 0 Å². The second-order valence-electron chi connectivity index (χ2n) is 8.76. The number of thiazole rings is 1. The van der Waals surface area contributed by atoms with Crippen molar-refractivity contribution in [2.24, 2.45) is 0 Å². The van der Waals surface area contributed by atoms with Gasteiger partial charge in [-0.15, -0.1) is 16.4 Å². The lowest BCUT2D eigenvalue weighted by Gasteiger charge is -2.24. The number of hydrogen-bond acceptors (Lipinski definition) is 8. The van der Waals surface area contributed by atoms with Crippen LogP contribution >= 0.6 is 34.5 Å². The number of rotatable bonds is 10. The number of hydrogen-bond donors (Lipinski definition) is 0. The third kappa shape index (κ3) is 5.97. The summed E-state index contributed by atoms with van der Waals surface area (Å²) in [6, 6.07) is 12.8. The summed E-state index contributed by atoms with van der Waals surface area (Å²) in [6.07, 6.45) is 6.70. The average Bonchev–Trinajstić information content (AvgIpc) is 3.62. The van der Waals surface area contributed by atoms with E-state index in [2.05, 4.69) is 15.2 Å². The number of unbranched alkanes of at least 4 members (excludes halogenated alkanes) is 1. The van der Waals surface area contributed by atoms with Crippen LogP contribution < -0.4 is 4.31 Å². The van der Waals surface area contributed by atoms with Crippen LogP contribution in [0.25, 0.3) is 27.3 Å². The molecule has 0 bridgehead atoms. The number of carbonyl (C=O) groups is 1. The van der Waals surface area contributed by atoms with E-state index in [1.165, 1.54) is 29.5 Å². The molecular formula is C27H23Cl2N5O4S2. The molecule has 0 saturated carbocycles. The molecule has 0 radical (unpaired) electrons. The summed E-state index contributed by atoms with van der Waals surface area (Å²) in [6.45, 7) is 1.65. The van der Waals surface area contributed by atoms with Crippen molar-refractivity contribution in [2.75, 3.05) is 17.5 Å². The number of nitrogens with zero attached hydrogens (tertiary/aromatic N) is 5. The molecule has 3 heterocycles. The second-order valence-corrected chi connectivity index (χ2v) is 12.4. The quantitative estimate of drug-likeness (QED) is 0.132. The molecule has 0 fully saturated rings. The summed E-state index contributed by atoms with van der Waals surface area (Å²) in [4.78, 5) is 16.9. The third-order valence-electron chi connectivity index (χ3n) is 5.99. The Labute approximate surface area is 245 Å². The van der Waals surface area contributed by atoms with Gasteiger partial charge in [-0.1, -0.05) is 36.5 Å². The zero-order chi connectivity index (χ0) is 28.3. The highest BCUT2D eigenvalue weighted by molar-refractivity contribution is 7.92. The van der Waals surface area contributed by atoms with E-state index in [1.54, 1.807) is 30.6 Å². The highest BCUT2D eigenvalue weighted by atomic mass is 35.5. The number of ether oxygens (including phenoxy) is 1. The Hall–Kier alpha value is -3.51. The van der Waals surface area contributed by atoms with E-state index >= 15 is 0 Å². The molecule has 40 heavy (non-hydrogen) atoms. The SMILES string of the molecule is CCCCOC(=O)CN(c1ccc2c(ccn2-c2cc(-c3nccs3)cnn2)c1)S(=O)(=O)c1cc(Cl)cc(Cl)c1. The molecule has 2 aromatic carbocycles. The molecule has 9 nitrogen and oxygen atoms in total. The smallest absolute Gasteiger partial charge is 0.326 e. The maximum absolute atomic E-state index is 13.8. The summed E-state index contributed by atoms with van der Waals surface area (Å²) >= 11 is 13.7. The van der Waals surface area contributed by atoms with Crippen molar-refractivity contribution < 1.29 is 17.9 Å². The lowest BCUT2D eigenvalue weighted by Crippen LogP contribution is -2.36. The number of aromatic nitrogens is 4. The third-order valence-corrected chi connectivity index (χ3v) is 9.00. The number of anilines is 1. The topological polar surface area (TPSA) is 107 Å². The lowest BCUT2D eigenvalue weighted by molar-refractivity contribution is -0.141. The van der Waals surface area contributed by atoms with Gasteiger partial charge in [0.25, 0.3) is 10.0 Å². The van der Waals surface area contributed by atoms with Gasteiger partial charge in [0.2, 0.25) is 0 Å². The van der Waals surface area contributed by atoms with Crippen LogP contribution in [0.15, 0.2) is 77.4 Å². The highest BCUT2D eigenvalue weighted by Crippen LogP contribution is 2.32. The predicted octanol–water partition coefficient (Wildman–Crippen LogP) is 6.39. The molecule has 13 heteroatoms. The number of esters is 1. The molecular weight excluding hydrogens is 593 g/mol. The molecule has 5 rings (SSSR count). The summed E-state index contributed by atoms with van der Waals surface area (Å²) in [5, 5.41) is 12.1. The molecule has 3 aromatic heterocycles. The van der Waals surface area contributed by atoms with Crippen molar-refractivity contribution in [1.82, 2.24) is 19.7 Å². The Morgan fingerprint density at radius 3 is 2.62 bits per heavy atom. The minimum Gasteiger partial charge on any atom is -0.464 e. The second kappa shape index (κ2) is 11.9.